The highest BCUT2D eigenvalue weighted by Crippen LogP contribution is 2.32. The number of pyridine rings is 1. The molecule has 1 amide bonds. The normalized spacial score (nSPS) is 24.1. The molecule has 32 heavy (non-hydrogen) atoms. The summed E-state index contributed by atoms with van der Waals surface area (Å²) in [6.07, 6.45) is 5.11. The number of amides is 1. The first kappa shape index (κ1) is 22.7. The number of fused-ring (bicyclic) bond motifs is 1. The van der Waals surface area contributed by atoms with Gasteiger partial charge in [0.05, 0.1) is 48.6 Å². The number of hydrogen-bond acceptors (Lipinski definition) is 8. The van der Waals surface area contributed by atoms with E-state index in [9.17, 15) is 15.0 Å². The summed E-state index contributed by atoms with van der Waals surface area (Å²) in [6, 6.07) is 7.21. The number of benzene rings is 1. The minimum absolute atomic E-state index is 0.199. The van der Waals surface area contributed by atoms with E-state index in [-0.39, 0.29) is 24.7 Å². The second kappa shape index (κ2) is 10.4. The summed E-state index contributed by atoms with van der Waals surface area (Å²) in [6.45, 7) is -0.211. The number of hydrogen-bond donors (Lipinski definition) is 3. The number of rotatable bonds is 7. The molecule has 1 aromatic heterocycles. The van der Waals surface area contributed by atoms with Gasteiger partial charge in [-0.15, -0.1) is 11.8 Å². The van der Waals surface area contributed by atoms with Crippen LogP contribution < -0.4 is 10.1 Å². The van der Waals surface area contributed by atoms with Crippen molar-refractivity contribution in [2.24, 2.45) is 4.99 Å². The van der Waals surface area contributed by atoms with Gasteiger partial charge in [0.25, 0.3) is 5.91 Å². The second-order valence-electron chi connectivity index (χ2n) is 7.81. The van der Waals surface area contributed by atoms with Gasteiger partial charge in [0, 0.05) is 30.0 Å². The molecule has 0 radical (unpaired) electrons. The molecular formula is C23H27N3O5S. The van der Waals surface area contributed by atoms with Gasteiger partial charge in [0.2, 0.25) is 0 Å². The van der Waals surface area contributed by atoms with Gasteiger partial charge in [-0.2, -0.15) is 0 Å². The molecule has 8 nitrogen and oxygen atoms in total. The zero-order valence-electron chi connectivity index (χ0n) is 17.8. The van der Waals surface area contributed by atoms with Crippen molar-refractivity contribution in [1.29, 1.82) is 0 Å². The summed E-state index contributed by atoms with van der Waals surface area (Å²) in [5.74, 6) is 1.09. The molecule has 1 aromatic carbocycles. The highest BCUT2D eigenvalue weighted by molar-refractivity contribution is 8.04. The summed E-state index contributed by atoms with van der Waals surface area (Å²) in [5.41, 5.74) is 1.54. The van der Waals surface area contributed by atoms with E-state index in [1.165, 1.54) is 11.8 Å². The van der Waals surface area contributed by atoms with E-state index in [1.807, 2.05) is 24.3 Å². The van der Waals surface area contributed by atoms with E-state index >= 15 is 0 Å². The number of carbonyl (C=O) groups is 1. The number of ether oxygens (including phenoxy) is 2. The van der Waals surface area contributed by atoms with E-state index in [4.69, 9.17) is 9.47 Å². The molecule has 3 heterocycles. The first-order chi connectivity index (χ1) is 15.6. The first-order valence-electron chi connectivity index (χ1n) is 10.6. The van der Waals surface area contributed by atoms with Crippen molar-refractivity contribution >= 4 is 34.8 Å². The molecule has 9 heteroatoms. The predicted molar refractivity (Wildman–Crippen MR) is 124 cm³/mol. The van der Waals surface area contributed by atoms with Crippen LogP contribution in [0.25, 0.3) is 10.9 Å². The Morgan fingerprint density at radius 1 is 1.41 bits per heavy atom. The lowest BCUT2D eigenvalue weighted by Crippen LogP contribution is -2.51. The SMILES string of the molecule is COc1cnc2cccc(C(O)C[C@@H]3CC[C@@H](NC(=O)C4=CN=CCS4)[C@@H](CO)O3)c2c1. The third-order valence-corrected chi connectivity index (χ3v) is 6.68. The van der Waals surface area contributed by atoms with Crippen LogP contribution in [0.1, 0.15) is 30.9 Å². The number of nitrogens with zero attached hydrogens (tertiary/aromatic N) is 2. The Morgan fingerprint density at radius 3 is 3.03 bits per heavy atom. The summed E-state index contributed by atoms with van der Waals surface area (Å²) in [4.78, 5) is 21.5. The molecule has 0 spiro atoms. The van der Waals surface area contributed by atoms with Gasteiger partial charge in [-0.05, 0) is 30.5 Å². The quantitative estimate of drug-likeness (QED) is 0.585. The van der Waals surface area contributed by atoms with Crippen molar-refractivity contribution < 1.29 is 24.5 Å². The lowest BCUT2D eigenvalue weighted by atomic mass is 9.92. The lowest BCUT2D eigenvalue weighted by molar-refractivity contribution is -0.126. The molecule has 4 rings (SSSR count). The number of aliphatic imine (C=N–C) groups is 1. The van der Waals surface area contributed by atoms with Gasteiger partial charge in [-0.1, -0.05) is 12.1 Å². The van der Waals surface area contributed by atoms with Crippen LogP contribution in [0.4, 0.5) is 0 Å². The van der Waals surface area contributed by atoms with Crippen LogP contribution in [0.3, 0.4) is 0 Å². The zero-order valence-corrected chi connectivity index (χ0v) is 18.6. The van der Waals surface area contributed by atoms with E-state index in [2.05, 4.69) is 15.3 Å². The summed E-state index contributed by atoms with van der Waals surface area (Å²) in [5, 5.41) is 24.6. The van der Waals surface area contributed by atoms with Crippen LogP contribution >= 0.6 is 11.8 Å². The number of aliphatic hydroxyl groups is 2. The van der Waals surface area contributed by atoms with Crippen molar-refractivity contribution in [3.63, 3.8) is 0 Å². The standard InChI is InChI=1S/C23H27N3O5S/c1-30-15-9-17-16(3-2-4-18(17)25-11-15)20(28)10-14-5-6-19(21(13-27)31-14)26-23(29)22-12-24-7-8-32-22/h2-4,7,9,11-12,14,19-21,27-28H,5-6,8,10,13H2,1H3,(H,26,29)/t14-,19+,20?,21+/m0/s1. The van der Waals surface area contributed by atoms with Crippen LogP contribution in [0.5, 0.6) is 5.75 Å². The molecule has 0 aliphatic carbocycles. The van der Waals surface area contributed by atoms with Gasteiger partial charge in [0.1, 0.15) is 11.9 Å². The van der Waals surface area contributed by atoms with Crippen LogP contribution in [-0.4, -0.2) is 65.0 Å². The summed E-state index contributed by atoms with van der Waals surface area (Å²) < 4.78 is 11.3. The van der Waals surface area contributed by atoms with Crippen molar-refractivity contribution in [1.82, 2.24) is 10.3 Å². The van der Waals surface area contributed by atoms with Crippen LogP contribution in [0.15, 0.2) is 46.6 Å². The van der Waals surface area contributed by atoms with Crippen molar-refractivity contribution in [2.75, 3.05) is 19.5 Å². The molecule has 3 N–H and O–H groups in total. The minimum atomic E-state index is -0.759. The number of methoxy groups -OCH3 is 1. The summed E-state index contributed by atoms with van der Waals surface area (Å²) in [7, 11) is 1.58. The van der Waals surface area contributed by atoms with Crippen LogP contribution in [0, 0.1) is 0 Å². The van der Waals surface area contributed by atoms with E-state index in [0.29, 0.717) is 35.7 Å². The first-order valence-corrected chi connectivity index (χ1v) is 11.6. The third kappa shape index (κ3) is 5.12. The highest BCUT2D eigenvalue weighted by atomic mass is 32.2. The molecule has 1 saturated heterocycles. The van der Waals surface area contributed by atoms with Gasteiger partial charge in [0.15, 0.2) is 0 Å². The van der Waals surface area contributed by atoms with E-state index in [1.54, 1.807) is 25.7 Å². The smallest absolute Gasteiger partial charge is 0.259 e. The molecule has 170 valence electrons. The Balaban J connectivity index is 1.41. The number of carbonyl (C=O) groups excluding carboxylic acids is 1. The van der Waals surface area contributed by atoms with Gasteiger partial charge >= 0.3 is 0 Å². The van der Waals surface area contributed by atoms with E-state index in [0.717, 1.165) is 16.5 Å². The van der Waals surface area contributed by atoms with Crippen molar-refractivity contribution in [3.05, 3.63) is 47.1 Å². The van der Waals surface area contributed by atoms with Gasteiger partial charge in [-0.25, -0.2) is 0 Å². The molecule has 2 aliphatic heterocycles. The minimum Gasteiger partial charge on any atom is -0.495 e. The topological polar surface area (TPSA) is 113 Å². The van der Waals surface area contributed by atoms with Gasteiger partial charge < -0.3 is 25.0 Å². The van der Waals surface area contributed by atoms with Crippen molar-refractivity contribution in [3.8, 4) is 5.75 Å². The maximum Gasteiger partial charge on any atom is 0.259 e. The monoisotopic (exact) mass is 457 g/mol. The van der Waals surface area contributed by atoms with Crippen LogP contribution in [0.2, 0.25) is 0 Å². The molecule has 1 unspecified atom stereocenters. The number of aromatic nitrogens is 1. The lowest BCUT2D eigenvalue weighted by Gasteiger charge is -2.37. The number of aliphatic hydroxyl groups excluding tert-OH is 2. The highest BCUT2D eigenvalue weighted by Gasteiger charge is 2.33. The Kier molecular flexibility index (Phi) is 7.41. The fraction of sp³-hybridized carbons (Fsp3) is 0.435. The number of nitrogens with one attached hydrogen (secondary N) is 1. The molecule has 4 atom stereocenters. The Morgan fingerprint density at radius 2 is 2.28 bits per heavy atom. The third-order valence-electron chi connectivity index (χ3n) is 5.76. The fourth-order valence-corrected chi connectivity index (χ4v) is 4.76. The largest absolute Gasteiger partial charge is 0.495 e. The molecule has 2 aromatic rings. The molecule has 1 fully saturated rings. The zero-order chi connectivity index (χ0) is 22.5. The number of thioether (sulfide) groups is 1. The average Bonchev–Trinajstić information content (AvgIpc) is 2.84. The average molecular weight is 458 g/mol. The second-order valence-corrected chi connectivity index (χ2v) is 8.87. The van der Waals surface area contributed by atoms with Crippen molar-refractivity contribution in [2.45, 2.75) is 43.6 Å². The molecule has 0 saturated carbocycles. The summed E-state index contributed by atoms with van der Waals surface area (Å²) >= 11 is 1.43. The predicted octanol–water partition coefficient (Wildman–Crippen LogP) is 2.35. The fourth-order valence-electron chi connectivity index (χ4n) is 4.09. The van der Waals surface area contributed by atoms with Gasteiger partial charge in [-0.3, -0.25) is 14.8 Å². The Labute approximate surface area is 190 Å². The molecular weight excluding hydrogens is 430 g/mol. The van der Waals surface area contributed by atoms with Crippen LogP contribution in [-0.2, 0) is 9.53 Å². The van der Waals surface area contributed by atoms with E-state index < -0.39 is 12.2 Å². The Bertz CT molecular complexity index is 1030. The molecule has 2 aliphatic rings. The maximum absolute atomic E-state index is 12.5. The molecule has 0 bridgehead atoms. The maximum atomic E-state index is 12.5. The Hall–Kier alpha value is -2.46.